The van der Waals surface area contributed by atoms with E-state index in [1.807, 2.05) is 4.90 Å². The number of hydrogen-bond donors (Lipinski definition) is 2. The van der Waals surface area contributed by atoms with Crippen LogP contribution in [0.25, 0.3) is 0 Å². The zero-order valence-corrected chi connectivity index (χ0v) is 10.8. The van der Waals surface area contributed by atoms with Crippen molar-refractivity contribution in [2.24, 2.45) is 0 Å². The van der Waals surface area contributed by atoms with E-state index in [4.69, 9.17) is 5.73 Å². The number of nitrogen functional groups attached to an aromatic ring is 1. The van der Waals surface area contributed by atoms with Crippen molar-refractivity contribution in [1.29, 1.82) is 0 Å². The van der Waals surface area contributed by atoms with Crippen molar-refractivity contribution in [2.75, 3.05) is 37.4 Å². The van der Waals surface area contributed by atoms with Gasteiger partial charge in [-0.05, 0) is 24.6 Å². The molecule has 0 bridgehead atoms. The van der Waals surface area contributed by atoms with Crippen LogP contribution in [0.3, 0.4) is 0 Å². The zero-order chi connectivity index (χ0) is 13.8. The van der Waals surface area contributed by atoms with E-state index in [1.165, 1.54) is 7.11 Å². The van der Waals surface area contributed by atoms with Crippen LogP contribution in [0.15, 0.2) is 18.2 Å². The maximum Gasteiger partial charge on any atom is 0.340 e. The molecular weight excluding hydrogens is 246 g/mol. The molecule has 3 N–H and O–H groups in total. The Labute approximate surface area is 111 Å². The molecule has 0 radical (unpaired) electrons. The summed E-state index contributed by atoms with van der Waals surface area (Å²) >= 11 is 0. The zero-order valence-electron chi connectivity index (χ0n) is 10.8. The Morgan fingerprint density at radius 2 is 2.26 bits per heavy atom. The van der Waals surface area contributed by atoms with Crippen LogP contribution in [0.1, 0.15) is 16.8 Å². The maximum absolute atomic E-state index is 11.6. The molecule has 1 heterocycles. The summed E-state index contributed by atoms with van der Waals surface area (Å²) in [7, 11) is 1.31. The van der Waals surface area contributed by atoms with E-state index in [0.29, 0.717) is 17.8 Å². The van der Waals surface area contributed by atoms with Crippen molar-refractivity contribution >= 4 is 23.3 Å². The van der Waals surface area contributed by atoms with Crippen molar-refractivity contribution in [2.45, 2.75) is 6.42 Å². The SMILES string of the molecule is COC(=O)c1cc(N2CCCNC(=O)C2)ccc1N. The first-order valence-electron chi connectivity index (χ1n) is 6.11. The maximum atomic E-state index is 11.6. The predicted molar refractivity (Wildman–Crippen MR) is 72.0 cm³/mol. The molecule has 1 aliphatic rings. The van der Waals surface area contributed by atoms with E-state index in [0.717, 1.165) is 18.7 Å². The van der Waals surface area contributed by atoms with Crippen LogP contribution in [0, 0.1) is 0 Å². The fourth-order valence-corrected chi connectivity index (χ4v) is 2.05. The molecule has 102 valence electrons. The highest BCUT2D eigenvalue weighted by atomic mass is 16.5. The Hall–Kier alpha value is -2.24. The van der Waals surface area contributed by atoms with E-state index < -0.39 is 5.97 Å². The van der Waals surface area contributed by atoms with E-state index in [-0.39, 0.29) is 12.5 Å². The molecule has 0 spiro atoms. The molecule has 0 aliphatic carbocycles. The van der Waals surface area contributed by atoms with E-state index >= 15 is 0 Å². The third kappa shape index (κ3) is 2.96. The van der Waals surface area contributed by atoms with E-state index in [9.17, 15) is 9.59 Å². The molecule has 6 heteroatoms. The van der Waals surface area contributed by atoms with Gasteiger partial charge in [0.15, 0.2) is 0 Å². The van der Waals surface area contributed by atoms with Gasteiger partial charge in [0.05, 0.1) is 19.2 Å². The molecule has 1 aromatic rings. The molecule has 0 saturated carbocycles. The standard InChI is InChI=1S/C13H17N3O3/c1-19-13(18)10-7-9(3-4-11(10)14)16-6-2-5-15-12(17)8-16/h3-4,7H,2,5-6,8,14H2,1H3,(H,15,17). The third-order valence-corrected chi connectivity index (χ3v) is 3.07. The number of benzene rings is 1. The van der Waals surface area contributed by atoms with Crippen molar-refractivity contribution in [3.63, 3.8) is 0 Å². The fraction of sp³-hybridized carbons (Fsp3) is 0.385. The minimum absolute atomic E-state index is 0.0195. The Morgan fingerprint density at radius 3 is 3.00 bits per heavy atom. The largest absolute Gasteiger partial charge is 0.465 e. The minimum atomic E-state index is -0.473. The Kier molecular flexibility index (Phi) is 3.89. The number of nitrogens with two attached hydrogens (primary N) is 1. The normalized spacial score (nSPS) is 15.6. The number of carbonyl (C=O) groups excluding carboxylic acids is 2. The lowest BCUT2D eigenvalue weighted by molar-refractivity contribution is -0.119. The number of nitrogens with zero attached hydrogens (tertiary/aromatic N) is 1. The number of ether oxygens (including phenoxy) is 1. The molecule has 0 atom stereocenters. The van der Waals surface area contributed by atoms with Crippen molar-refractivity contribution in [3.8, 4) is 0 Å². The molecule has 1 amide bonds. The second kappa shape index (κ2) is 5.60. The molecule has 2 rings (SSSR count). The molecule has 1 fully saturated rings. The van der Waals surface area contributed by atoms with Gasteiger partial charge in [-0.3, -0.25) is 4.79 Å². The predicted octanol–water partition coefficient (Wildman–Crippen LogP) is 0.382. The first-order valence-corrected chi connectivity index (χ1v) is 6.11. The highest BCUT2D eigenvalue weighted by Gasteiger charge is 2.17. The second-order valence-corrected chi connectivity index (χ2v) is 4.39. The van der Waals surface area contributed by atoms with Gasteiger partial charge in [-0.25, -0.2) is 4.79 Å². The van der Waals surface area contributed by atoms with Crippen LogP contribution in [0.4, 0.5) is 11.4 Å². The molecule has 6 nitrogen and oxygen atoms in total. The Balaban J connectivity index is 2.29. The molecule has 1 aliphatic heterocycles. The van der Waals surface area contributed by atoms with Gasteiger partial charge in [-0.2, -0.15) is 0 Å². The second-order valence-electron chi connectivity index (χ2n) is 4.39. The van der Waals surface area contributed by atoms with Gasteiger partial charge in [0.25, 0.3) is 0 Å². The van der Waals surface area contributed by atoms with Gasteiger partial charge < -0.3 is 20.7 Å². The summed E-state index contributed by atoms with van der Waals surface area (Å²) in [4.78, 5) is 25.1. The average molecular weight is 263 g/mol. The van der Waals surface area contributed by atoms with Gasteiger partial charge in [-0.15, -0.1) is 0 Å². The lowest BCUT2D eigenvalue weighted by Gasteiger charge is -2.22. The number of carbonyl (C=O) groups is 2. The molecule has 19 heavy (non-hydrogen) atoms. The Bertz CT molecular complexity index is 502. The van der Waals surface area contributed by atoms with E-state index in [2.05, 4.69) is 10.1 Å². The molecule has 0 unspecified atom stereocenters. The number of anilines is 2. The van der Waals surface area contributed by atoms with E-state index in [1.54, 1.807) is 18.2 Å². The van der Waals surface area contributed by atoms with Crippen molar-refractivity contribution in [1.82, 2.24) is 5.32 Å². The topological polar surface area (TPSA) is 84.7 Å². The van der Waals surface area contributed by atoms with Gasteiger partial charge in [0, 0.05) is 24.5 Å². The lowest BCUT2D eigenvalue weighted by atomic mass is 10.1. The smallest absolute Gasteiger partial charge is 0.340 e. The summed E-state index contributed by atoms with van der Waals surface area (Å²) in [5, 5.41) is 2.81. The fourth-order valence-electron chi connectivity index (χ4n) is 2.05. The number of esters is 1. The van der Waals surface area contributed by atoms with Crippen LogP contribution in [-0.2, 0) is 9.53 Å². The number of hydrogen-bond acceptors (Lipinski definition) is 5. The summed E-state index contributed by atoms with van der Waals surface area (Å²) in [5.74, 6) is -0.493. The van der Waals surface area contributed by atoms with Crippen molar-refractivity contribution < 1.29 is 14.3 Å². The van der Waals surface area contributed by atoms with Gasteiger partial charge >= 0.3 is 5.97 Å². The summed E-state index contributed by atoms with van der Waals surface area (Å²) in [5.41, 5.74) is 7.25. The summed E-state index contributed by atoms with van der Waals surface area (Å²) in [6.07, 6.45) is 0.865. The average Bonchev–Trinajstić information content (AvgIpc) is 2.63. The monoisotopic (exact) mass is 263 g/mol. The molecular formula is C13H17N3O3. The number of rotatable bonds is 2. The van der Waals surface area contributed by atoms with Crippen LogP contribution in [0.5, 0.6) is 0 Å². The van der Waals surface area contributed by atoms with Crippen LogP contribution >= 0.6 is 0 Å². The number of amides is 1. The molecule has 1 aromatic carbocycles. The van der Waals surface area contributed by atoms with Crippen LogP contribution < -0.4 is 16.0 Å². The van der Waals surface area contributed by atoms with Crippen LogP contribution in [-0.4, -0.2) is 38.6 Å². The quantitative estimate of drug-likeness (QED) is 0.595. The summed E-state index contributed by atoms with van der Waals surface area (Å²) in [6.45, 7) is 1.71. The van der Waals surface area contributed by atoms with Crippen molar-refractivity contribution in [3.05, 3.63) is 23.8 Å². The van der Waals surface area contributed by atoms with Gasteiger partial charge in [0.1, 0.15) is 0 Å². The van der Waals surface area contributed by atoms with Gasteiger partial charge in [-0.1, -0.05) is 0 Å². The Morgan fingerprint density at radius 1 is 1.47 bits per heavy atom. The first-order chi connectivity index (χ1) is 9.11. The highest BCUT2D eigenvalue weighted by molar-refractivity contribution is 5.96. The number of methoxy groups -OCH3 is 1. The minimum Gasteiger partial charge on any atom is -0.465 e. The molecule has 1 saturated heterocycles. The van der Waals surface area contributed by atoms with Gasteiger partial charge in [0.2, 0.25) is 5.91 Å². The summed E-state index contributed by atoms with van der Waals surface area (Å²) in [6, 6.07) is 5.13. The first kappa shape index (κ1) is 13.2. The highest BCUT2D eigenvalue weighted by Crippen LogP contribution is 2.22. The van der Waals surface area contributed by atoms with Crippen LogP contribution in [0.2, 0.25) is 0 Å². The summed E-state index contributed by atoms with van der Waals surface area (Å²) < 4.78 is 4.69. The molecule has 0 aromatic heterocycles. The lowest BCUT2D eigenvalue weighted by Crippen LogP contribution is -2.33. The number of nitrogens with one attached hydrogen (secondary N) is 1. The third-order valence-electron chi connectivity index (χ3n) is 3.07.